The van der Waals surface area contributed by atoms with Crippen LogP contribution in [0.1, 0.15) is 39.7 Å². The molecule has 30 heavy (non-hydrogen) atoms. The maximum atomic E-state index is 12.2. The standard InChI is InChI=1S/C20H28N2O7S/c1-5-26-16(23)10-11-22(19(25)27-6-2)30-21-13-17(24)28-15-9-7-8-14-12-20(3,4)29-18(14)15/h7-9,21H,5-6,10-13H2,1-4H3. The molecular formula is C20H28N2O7S. The highest BCUT2D eigenvalue weighted by Gasteiger charge is 2.32. The Morgan fingerprint density at radius 2 is 1.90 bits per heavy atom. The van der Waals surface area contributed by atoms with Crippen LogP contribution in [0.25, 0.3) is 0 Å². The highest BCUT2D eigenvalue weighted by molar-refractivity contribution is 7.95. The van der Waals surface area contributed by atoms with Gasteiger partial charge in [0.25, 0.3) is 0 Å². The number of nitrogens with zero attached hydrogens (tertiary/aromatic N) is 1. The van der Waals surface area contributed by atoms with Crippen LogP contribution < -0.4 is 14.2 Å². The van der Waals surface area contributed by atoms with Crippen LogP contribution in [0.4, 0.5) is 4.79 Å². The van der Waals surface area contributed by atoms with Crippen LogP contribution in [0, 0.1) is 0 Å². The van der Waals surface area contributed by atoms with Crippen molar-refractivity contribution in [2.45, 2.75) is 46.1 Å². The van der Waals surface area contributed by atoms with Gasteiger partial charge in [0.05, 0.1) is 19.6 Å². The summed E-state index contributed by atoms with van der Waals surface area (Å²) in [5.74, 6) is -0.0309. The number of hydrogen-bond acceptors (Lipinski definition) is 9. The van der Waals surface area contributed by atoms with Gasteiger partial charge in [0.2, 0.25) is 0 Å². The highest BCUT2D eigenvalue weighted by atomic mass is 32.2. The molecule has 0 aliphatic carbocycles. The summed E-state index contributed by atoms with van der Waals surface area (Å²) in [4.78, 5) is 35.8. The molecule has 0 atom stereocenters. The maximum Gasteiger partial charge on any atom is 0.420 e. The van der Waals surface area contributed by atoms with E-state index in [2.05, 4.69) is 4.72 Å². The van der Waals surface area contributed by atoms with Crippen LogP contribution >= 0.6 is 12.1 Å². The summed E-state index contributed by atoms with van der Waals surface area (Å²) in [5, 5.41) is 0. The number of esters is 2. The lowest BCUT2D eigenvalue weighted by Gasteiger charge is -2.20. The minimum atomic E-state index is -0.621. The molecule has 0 saturated carbocycles. The molecule has 1 N–H and O–H groups in total. The molecule has 1 amide bonds. The number of benzene rings is 1. The quantitative estimate of drug-likeness (QED) is 0.334. The fourth-order valence-corrected chi connectivity index (χ4v) is 3.44. The molecule has 1 aliphatic heterocycles. The molecule has 1 heterocycles. The van der Waals surface area contributed by atoms with E-state index in [9.17, 15) is 14.4 Å². The zero-order valence-electron chi connectivity index (χ0n) is 17.7. The summed E-state index contributed by atoms with van der Waals surface area (Å²) in [6, 6.07) is 5.43. The van der Waals surface area contributed by atoms with E-state index in [1.807, 2.05) is 26.0 Å². The Morgan fingerprint density at radius 3 is 2.60 bits per heavy atom. The molecule has 9 nitrogen and oxygen atoms in total. The molecule has 0 radical (unpaired) electrons. The summed E-state index contributed by atoms with van der Waals surface area (Å²) >= 11 is 0.863. The van der Waals surface area contributed by atoms with Gasteiger partial charge < -0.3 is 18.9 Å². The van der Waals surface area contributed by atoms with Crippen LogP contribution in [-0.4, -0.2) is 54.2 Å². The Bertz CT molecular complexity index is 770. The number of hydrogen-bond donors (Lipinski definition) is 1. The number of amides is 1. The Labute approximate surface area is 180 Å². The van der Waals surface area contributed by atoms with E-state index in [4.69, 9.17) is 18.9 Å². The Hall–Kier alpha value is -2.46. The summed E-state index contributed by atoms with van der Waals surface area (Å²) < 4.78 is 25.1. The zero-order chi connectivity index (χ0) is 22.1. The van der Waals surface area contributed by atoms with Crippen molar-refractivity contribution in [2.24, 2.45) is 0 Å². The number of carbonyl (C=O) groups excluding carboxylic acids is 3. The van der Waals surface area contributed by atoms with Gasteiger partial charge in [0.1, 0.15) is 12.1 Å². The normalized spacial score (nSPS) is 13.7. The molecule has 2 rings (SSSR count). The number of nitrogens with one attached hydrogen (secondary N) is 1. The zero-order valence-corrected chi connectivity index (χ0v) is 18.5. The molecule has 1 aromatic carbocycles. The molecule has 0 aromatic heterocycles. The SMILES string of the molecule is CCOC(=O)CCN(SNCC(=O)Oc1cccc2c1OC(C)(C)C2)C(=O)OCC. The monoisotopic (exact) mass is 440 g/mol. The van der Waals surface area contributed by atoms with Crippen molar-refractivity contribution in [3.63, 3.8) is 0 Å². The number of fused-ring (bicyclic) bond motifs is 1. The van der Waals surface area contributed by atoms with Gasteiger partial charge in [-0.15, -0.1) is 0 Å². The Kier molecular flexibility index (Phi) is 8.79. The van der Waals surface area contributed by atoms with Crippen molar-refractivity contribution in [3.8, 4) is 11.5 Å². The van der Waals surface area contributed by atoms with Crippen molar-refractivity contribution in [1.82, 2.24) is 9.03 Å². The average Bonchev–Trinajstić information content (AvgIpc) is 2.99. The summed E-state index contributed by atoms with van der Waals surface area (Å²) in [7, 11) is 0. The van der Waals surface area contributed by atoms with E-state index in [1.165, 1.54) is 4.31 Å². The second-order valence-corrected chi connectivity index (χ2v) is 7.94. The smallest absolute Gasteiger partial charge is 0.420 e. The van der Waals surface area contributed by atoms with Crippen LogP contribution in [0.2, 0.25) is 0 Å². The molecule has 0 spiro atoms. The summed E-state index contributed by atoms with van der Waals surface area (Å²) in [6.45, 7) is 7.67. The van der Waals surface area contributed by atoms with Gasteiger partial charge in [-0.2, -0.15) is 0 Å². The van der Waals surface area contributed by atoms with E-state index in [0.717, 1.165) is 24.1 Å². The van der Waals surface area contributed by atoms with Crippen LogP contribution in [0.15, 0.2) is 18.2 Å². The third kappa shape index (κ3) is 7.10. The van der Waals surface area contributed by atoms with Gasteiger partial charge in [-0.05, 0) is 33.8 Å². The first-order valence-corrected chi connectivity index (χ1v) is 10.5. The third-order valence-corrected chi connectivity index (χ3v) is 4.79. The highest BCUT2D eigenvalue weighted by Crippen LogP contribution is 2.41. The molecule has 166 valence electrons. The van der Waals surface area contributed by atoms with Gasteiger partial charge in [-0.3, -0.25) is 9.59 Å². The van der Waals surface area contributed by atoms with E-state index >= 15 is 0 Å². The number of rotatable bonds is 10. The van der Waals surface area contributed by atoms with E-state index in [-0.39, 0.29) is 38.3 Å². The fraction of sp³-hybridized carbons (Fsp3) is 0.550. The van der Waals surface area contributed by atoms with Crippen LogP contribution in [0.3, 0.4) is 0 Å². The second kappa shape index (κ2) is 11.1. The average molecular weight is 441 g/mol. The molecule has 0 fully saturated rings. The largest absolute Gasteiger partial charge is 0.483 e. The minimum Gasteiger partial charge on any atom is -0.483 e. The van der Waals surface area contributed by atoms with Crippen molar-refractivity contribution >= 4 is 30.2 Å². The van der Waals surface area contributed by atoms with Crippen molar-refractivity contribution < 1.29 is 33.3 Å². The lowest BCUT2D eigenvalue weighted by molar-refractivity contribution is -0.143. The van der Waals surface area contributed by atoms with Gasteiger partial charge in [0.15, 0.2) is 11.5 Å². The molecule has 1 aliphatic rings. The maximum absolute atomic E-state index is 12.2. The van der Waals surface area contributed by atoms with Crippen LogP contribution in [-0.2, 0) is 25.5 Å². The van der Waals surface area contributed by atoms with Crippen LogP contribution in [0.5, 0.6) is 11.5 Å². The van der Waals surface area contributed by atoms with Gasteiger partial charge in [-0.25, -0.2) is 13.8 Å². The molecule has 0 saturated heterocycles. The van der Waals surface area contributed by atoms with Crippen molar-refractivity contribution in [1.29, 1.82) is 0 Å². The lowest BCUT2D eigenvalue weighted by atomic mass is 10.0. The minimum absolute atomic E-state index is 0.00899. The molecule has 10 heteroatoms. The first-order chi connectivity index (χ1) is 14.3. The second-order valence-electron chi connectivity index (χ2n) is 7.03. The van der Waals surface area contributed by atoms with Crippen molar-refractivity contribution in [2.75, 3.05) is 26.3 Å². The third-order valence-electron chi connectivity index (χ3n) is 3.97. The van der Waals surface area contributed by atoms with Gasteiger partial charge in [0, 0.05) is 30.7 Å². The van der Waals surface area contributed by atoms with Crippen molar-refractivity contribution in [3.05, 3.63) is 23.8 Å². The molecule has 1 aromatic rings. The topological polar surface area (TPSA) is 103 Å². The Balaban J connectivity index is 1.86. The van der Waals surface area contributed by atoms with E-state index < -0.39 is 18.0 Å². The Morgan fingerprint density at radius 1 is 1.17 bits per heavy atom. The van der Waals surface area contributed by atoms with Gasteiger partial charge in [-0.1, -0.05) is 12.1 Å². The number of para-hydroxylation sites is 1. The first-order valence-electron chi connectivity index (χ1n) is 9.77. The predicted octanol–water partition coefficient (Wildman–Crippen LogP) is 2.87. The molecular weight excluding hydrogens is 412 g/mol. The van der Waals surface area contributed by atoms with E-state index in [1.54, 1.807) is 19.9 Å². The lowest BCUT2D eigenvalue weighted by Crippen LogP contribution is -2.33. The molecule has 0 bridgehead atoms. The first kappa shape index (κ1) is 23.8. The summed E-state index contributed by atoms with van der Waals surface area (Å²) in [5.41, 5.74) is 0.637. The number of ether oxygens (including phenoxy) is 4. The summed E-state index contributed by atoms with van der Waals surface area (Å²) in [6.07, 6.45) is 0.121. The number of carbonyl (C=O) groups is 3. The predicted molar refractivity (Wildman–Crippen MR) is 111 cm³/mol. The van der Waals surface area contributed by atoms with Gasteiger partial charge >= 0.3 is 18.0 Å². The molecule has 0 unspecified atom stereocenters. The fourth-order valence-electron chi connectivity index (χ4n) is 2.79. The van der Waals surface area contributed by atoms with E-state index in [0.29, 0.717) is 11.5 Å².